The van der Waals surface area contributed by atoms with Crippen molar-refractivity contribution in [3.05, 3.63) is 33.9 Å². The maximum atomic E-state index is 12.0. The average Bonchev–Trinajstić information content (AvgIpc) is 2.44. The van der Waals surface area contributed by atoms with Crippen LogP contribution in [0, 0.1) is 16.0 Å². The summed E-state index contributed by atoms with van der Waals surface area (Å²) in [5.74, 6) is -2.99. The quantitative estimate of drug-likeness (QED) is 0.477. The molecule has 1 aliphatic rings. The molecule has 0 saturated heterocycles. The van der Waals surface area contributed by atoms with E-state index >= 15 is 0 Å². The number of ketones is 3. The second kappa shape index (κ2) is 6.05. The van der Waals surface area contributed by atoms with Gasteiger partial charge in [-0.1, -0.05) is 12.1 Å². The van der Waals surface area contributed by atoms with E-state index in [1.54, 1.807) is 6.07 Å². The molecule has 0 radical (unpaired) electrons. The van der Waals surface area contributed by atoms with Gasteiger partial charge in [-0.25, -0.2) is 0 Å². The van der Waals surface area contributed by atoms with E-state index in [0.717, 1.165) is 0 Å². The molecular weight excluding hydrogens is 290 g/mol. The van der Waals surface area contributed by atoms with Crippen molar-refractivity contribution in [1.82, 2.24) is 0 Å². The van der Waals surface area contributed by atoms with Crippen LogP contribution in [0.15, 0.2) is 18.2 Å². The molecule has 0 unspecified atom stereocenters. The Morgan fingerprint density at radius 2 is 1.86 bits per heavy atom. The lowest BCUT2D eigenvalue weighted by molar-refractivity contribution is -0.385. The highest BCUT2D eigenvalue weighted by atomic mass is 16.6. The summed E-state index contributed by atoms with van der Waals surface area (Å²) >= 11 is 0. The van der Waals surface area contributed by atoms with Gasteiger partial charge in [-0.05, 0) is 6.92 Å². The van der Waals surface area contributed by atoms with Crippen LogP contribution in [-0.2, 0) is 14.4 Å². The number of para-hydroxylation sites is 1. The lowest BCUT2D eigenvalue weighted by atomic mass is 9.75. The van der Waals surface area contributed by atoms with Crippen LogP contribution in [-0.4, -0.2) is 29.4 Å². The number of nitrogens with zero attached hydrogens (tertiary/aromatic N) is 1. The summed E-state index contributed by atoms with van der Waals surface area (Å²) in [6.45, 7) is 1.22. The van der Waals surface area contributed by atoms with Gasteiger partial charge in [0, 0.05) is 30.4 Å². The number of nitro benzene ring substituents is 1. The SMILES string of the molecule is COc1c(C2CC(=O)C(C(C)=O)C(=O)C2)cccc1[N+](=O)[O-]. The molecule has 1 fully saturated rings. The molecule has 0 heterocycles. The Hall–Kier alpha value is -2.57. The van der Waals surface area contributed by atoms with Crippen molar-refractivity contribution in [3.8, 4) is 5.75 Å². The highest BCUT2D eigenvalue weighted by Gasteiger charge is 2.40. The molecule has 0 N–H and O–H groups in total. The number of hydrogen-bond acceptors (Lipinski definition) is 6. The number of ether oxygens (including phenoxy) is 1. The van der Waals surface area contributed by atoms with Gasteiger partial charge in [-0.15, -0.1) is 0 Å². The summed E-state index contributed by atoms with van der Waals surface area (Å²) in [5.41, 5.74) is 0.231. The molecule has 1 aliphatic carbocycles. The van der Waals surface area contributed by atoms with Crippen molar-refractivity contribution in [3.63, 3.8) is 0 Å². The average molecular weight is 305 g/mol. The van der Waals surface area contributed by atoms with E-state index < -0.39 is 34.1 Å². The molecule has 0 bridgehead atoms. The Morgan fingerprint density at radius 3 is 2.32 bits per heavy atom. The highest BCUT2D eigenvalue weighted by molar-refractivity contribution is 6.20. The first kappa shape index (κ1) is 15.8. The van der Waals surface area contributed by atoms with Crippen molar-refractivity contribution < 1.29 is 24.0 Å². The van der Waals surface area contributed by atoms with Gasteiger partial charge < -0.3 is 4.74 Å². The zero-order chi connectivity index (χ0) is 16.4. The maximum absolute atomic E-state index is 12.0. The first-order valence-electron chi connectivity index (χ1n) is 6.74. The molecular formula is C15H15NO6. The van der Waals surface area contributed by atoms with Gasteiger partial charge in [-0.2, -0.15) is 0 Å². The van der Waals surface area contributed by atoms with Crippen molar-refractivity contribution in [2.45, 2.75) is 25.7 Å². The van der Waals surface area contributed by atoms with Crippen molar-refractivity contribution in [2.75, 3.05) is 7.11 Å². The summed E-state index contributed by atoms with van der Waals surface area (Å²) in [4.78, 5) is 45.9. The number of nitro groups is 1. The normalized spacial score (nSPS) is 21.5. The Morgan fingerprint density at radius 1 is 1.27 bits per heavy atom. The number of carbonyl (C=O) groups is 3. The van der Waals surface area contributed by atoms with Crippen LogP contribution in [0.4, 0.5) is 5.69 Å². The van der Waals surface area contributed by atoms with E-state index in [1.165, 1.54) is 26.2 Å². The Bertz CT molecular complexity index is 648. The summed E-state index contributed by atoms with van der Waals surface area (Å²) < 4.78 is 5.10. The van der Waals surface area contributed by atoms with E-state index in [9.17, 15) is 24.5 Å². The molecule has 0 aromatic heterocycles. The molecule has 116 valence electrons. The largest absolute Gasteiger partial charge is 0.490 e. The summed E-state index contributed by atoms with van der Waals surface area (Å²) in [6.07, 6.45) is -0.0129. The van der Waals surface area contributed by atoms with Gasteiger partial charge in [0.15, 0.2) is 17.3 Å². The third kappa shape index (κ3) is 2.74. The summed E-state index contributed by atoms with van der Waals surface area (Å²) in [5, 5.41) is 11.0. The first-order valence-corrected chi connectivity index (χ1v) is 6.74. The molecule has 1 aromatic rings. The molecule has 22 heavy (non-hydrogen) atoms. The second-order valence-corrected chi connectivity index (χ2v) is 5.24. The fraction of sp³-hybridized carbons (Fsp3) is 0.400. The number of benzene rings is 1. The van der Waals surface area contributed by atoms with Crippen LogP contribution in [0.3, 0.4) is 0 Å². The minimum absolute atomic E-state index is 0.00643. The molecule has 7 nitrogen and oxygen atoms in total. The standard InChI is InChI=1S/C15H15NO6/c1-8(17)14-12(18)6-9(7-13(14)19)10-4-3-5-11(16(20)21)15(10)22-2/h3-5,9,14H,6-7H2,1-2H3. The Labute approximate surface area is 126 Å². The number of methoxy groups -OCH3 is 1. The fourth-order valence-corrected chi connectivity index (χ4v) is 2.88. The van der Waals surface area contributed by atoms with Gasteiger partial charge in [0.2, 0.25) is 0 Å². The van der Waals surface area contributed by atoms with Crippen LogP contribution in [0.2, 0.25) is 0 Å². The smallest absolute Gasteiger partial charge is 0.311 e. The van der Waals surface area contributed by atoms with E-state index in [4.69, 9.17) is 4.74 Å². The topological polar surface area (TPSA) is 104 Å². The van der Waals surface area contributed by atoms with Gasteiger partial charge in [0.05, 0.1) is 12.0 Å². The third-order valence-corrected chi connectivity index (χ3v) is 3.81. The van der Waals surface area contributed by atoms with E-state index in [-0.39, 0.29) is 24.3 Å². The lowest BCUT2D eigenvalue weighted by Crippen LogP contribution is -2.37. The fourth-order valence-electron chi connectivity index (χ4n) is 2.88. The van der Waals surface area contributed by atoms with Crippen molar-refractivity contribution in [2.24, 2.45) is 5.92 Å². The number of hydrogen-bond donors (Lipinski definition) is 0. The van der Waals surface area contributed by atoms with Gasteiger partial charge in [0.25, 0.3) is 0 Å². The van der Waals surface area contributed by atoms with Crippen molar-refractivity contribution in [1.29, 1.82) is 0 Å². The lowest BCUT2D eigenvalue weighted by Gasteiger charge is -2.26. The predicted molar refractivity (Wildman–Crippen MR) is 75.8 cm³/mol. The number of carbonyl (C=O) groups excluding carboxylic acids is 3. The van der Waals surface area contributed by atoms with Gasteiger partial charge in [0.1, 0.15) is 11.7 Å². The second-order valence-electron chi connectivity index (χ2n) is 5.24. The first-order chi connectivity index (χ1) is 10.4. The molecule has 1 saturated carbocycles. The zero-order valence-corrected chi connectivity index (χ0v) is 12.2. The molecule has 7 heteroatoms. The molecule has 0 atom stereocenters. The maximum Gasteiger partial charge on any atom is 0.311 e. The summed E-state index contributed by atoms with van der Waals surface area (Å²) in [7, 11) is 1.30. The van der Waals surface area contributed by atoms with E-state index in [0.29, 0.717) is 5.56 Å². The van der Waals surface area contributed by atoms with Gasteiger partial charge >= 0.3 is 5.69 Å². The molecule has 1 aromatic carbocycles. The van der Waals surface area contributed by atoms with Crippen LogP contribution in [0.5, 0.6) is 5.75 Å². The van der Waals surface area contributed by atoms with Gasteiger partial charge in [-0.3, -0.25) is 24.5 Å². The highest BCUT2D eigenvalue weighted by Crippen LogP contribution is 2.40. The van der Waals surface area contributed by atoms with Crippen LogP contribution >= 0.6 is 0 Å². The molecule has 0 spiro atoms. The number of Topliss-reactive ketones (excluding diaryl/α,β-unsaturated/α-hetero) is 3. The molecule has 0 amide bonds. The zero-order valence-electron chi connectivity index (χ0n) is 12.2. The van der Waals surface area contributed by atoms with Crippen LogP contribution in [0.1, 0.15) is 31.2 Å². The van der Waals surface area contributed by atoms with E-state index in [1.807, 2.05) is 0 Å². The van der Waals surface area contributed by atoms with Crippen LogP contribution < -0.4 is 4.74 Å². The van der Waals surface area contributed by atoms with Crippen LogP contribution in [0.25, 0.3) is 0 Å². The summed E-state index contributed by atoms with van der Waals surface area (Å²) in [6, 6.07) is 4.39. The Balaban J connectivity index is 2.40. The minimum atomic E-state index is -1.19. The van der Waals surface area contributed by atoms with E-state index in [2.05, 4.69) is 0 Å². The molecule has 2 rings (SSSR count). The molecule has 0 aliphatic heterocycles. The van der Waals surface area contributed by atoms with Crippen molar-refractivity contribution >= 4 is 23.0 Å². The third-order valence-electron chi connectivity index (χ3n) is 3.81. The monoisotopic (exact) mass is 305 g/mol. The predicted octanol–water partition coefficient (Wildman–Crippen LogP) is 1.82. The Kier molecular flexibility index (Phi) is 4.35. The minimum Gasteiger partial charge on any atom is -0.490 e. The number of rotatable bonds is 4.